The van der Waals surface area contributed by atoms with Crippen molar-refractivity contribution >= 4 is 40.3 Å². The Labute approximate surface area is 226 Å². The van der Waals surface area contributed by atoms with Crippen LogP contribution in [0, 0.1) is 5.92 Å². The van der Waals surface area contributed by atoms with E-state index in [-0.39, 0.29) is 35.6 Å². The standard InChI is InChI=1S/C27H33ClN6O4/c1-5-34-22-7-6-17(12-19(22)14-23(26(34)37)38-16-24(35)29-2)13-21-20(28)15-30-27(31-21)33-10-8-18(9-11-33)25(36)32(3)4/h6-7,12,14-15,18H,5,8-11,13,16H2,1-4H3,(H,29,35). The third-order valence-electron chi connectivity index (χ3n) is 6.82. The van der Waals surface area contributed by atoms with Gasteiger partial charge in [-0.15, -0.1) is 0 Å². The Morgan fingerprint density at radius 1 is 1.21 bits per heavy atom. The number of piperidine rings is 1. The van der Waals surface area contributed by atoms with Gasteiger partial charge in [-0.05, 0) is 43.5 Å². The van der Waals surface area contributed by atoms with Crippen molar-refractivity contribution in [2.75, 3.05) is 45.7 Å². The lowest BCUT2D eigenvalue weighted by Gasteiger charge is -2.32. The van der Waals surface area contributed by atoms with E-state index in [0.717, 1.165) is 29.3 Å². The number of nitrogens with zero attached hydrogens (tertiary/aromatic N) is 5. The Balaban J connectivity index is 1.56. The maximum absolute atomic E-state index is 12.9. The van der Waals surface area contributed by atoms with E-state index in [4.69, 9.17) is 21.3 Å². The number of aryl methyl sites for hydroxylation is 1. The SMILES string of the molecule is CCn1c(=O)c(OCC(=O)NC)cc2cc(Cc3nc(N4CCC(C(=O)N(C)C)CC4)ncc3Cl)ccc21. The fourth-order valence-electron chi connectivity index (χ4n) is 4.71. The minimum Gasteiger partial charge on any atom is -0.478 e. The quantitative estimate of drug-likeness (QED) is 0.467. The van der Waals surface area contributed by atoms with Crippen LogP contribution in [-0.2, 0) is 22.6 Å². The van der Waals surface area contributed by atoms with Crippen molar-refractivity contribution in [2.45, 2.75) is 32.7 Å². The molecule has 0 aliphatic carbocycles. The third kappa shape index (κ3) is 5.91. The number of rotatable bonds is 8. The highest BCUT2D eigenvalue weighted by atomic mass is 35.5. The van der Waals surface area contributed by atoms with Gasteiger partial charge in [-0.25, -0.2) is 9.97 Å². The summed E-state index contributed by atoms with van der Waals surface area (Å²) >= 11 is 6.48. The summed E-state index contributed by atoms with van der Waals surface area (Å²) in [4.78, 5) is 49.8. The molecule has 1 N–H and O–H groups in total. The number of anilines is 1. The molecule has 0 atom stereocenters. The molecule has 0 saturated carbocycles. The molecule has 4 rings (SSSR count). The predicted molar refractivity (Wildman–Crippen MR) is 147 cm³/mol. The first kappa shape index (κ1) is 27.4. The highest BCUT2D eigenvalue weighted by Crippen LogP contribution is 2.26. The van der Waals surface area contributed by atoms with E-state index in [1.807, 2.05) is 25.1 Å². The summed E-state index contributed by atoms with van der Waals surface area (Å²) < 4.78 is 7.14. The molecule has 1 aromatic carbocycles. The monoisotopic (exact) mass is 540 g/mol. The minimum absolute atomic E-state index is 0.0244. The van der Waals surface area contributed by atoms with Crippen molar-refractivity contribution in [3.63, 3.8) is 0 Å². The average Bonchev–Trinajstić information content (AvgIpc) is 2.92. The van der Waals surface area contributed by atoms with Gasteiger partial charge in [0.25, 0.3) is 11.5 Å². The molecule has 10 nitrogen and oxygen atoms in total. The molecule has 38 heavy (non-hydrogen) atoms. The highest BCUT2D eigenvalue weighted by molar-refractivity contribution is 6.31. The van der Waals surface area contributed by atoms with Crippen LogP contribution in [0.3, 0.4) is 0 Å². The number of benzene rings is 1. The average molecular weight is 541 g/mol. The van der Waals surface area contributed by atoms with Gasteiger partial charge in [0.05, 0.1) is 22.4 Å². The third-order valence-corrected chi connectivity index (χ3v) is 7.14. The van der Waals surface area contributed by atoms with Gasteiger partial charge in [0.15, 0.2) is 12.4 Å². The maximum Gasteiger partial charge on any atom is 0.293 e. The first-order valence-electron chi connectivity index (χ1n) is 12.7. The van der Waals surface area contributed by atoms with E-state index in [2.05, 4.69) is 15.2 Å². The summed E-state index contributed by atoms with van der Waals surface area (Å²) in [7, 11) is 5.09. The van der Waals surface area contributed by atoms with Crippen molar-refractivity contribution in [1.82, 2.24) is 24.8 Å². The zero-order valence-corrected chi connectivity index (χ0v) is 22.9. The normalized spacial score (nSPS) is 14.0. The smallest absolute Gasteiger partial charge is 0.293 e. The molecule has 3 heterocycles. The van der Waals surface area contributed by atoms with Gasteiger partial charge in [0, 0.05) is 58.5 Å². The highest BCUT2D eigenvalue weighted by Gasteiger charge is 2.27. The van der Waals surface area contributed by atoms with Gasteiger partial charge in [0.2, 0.25) is 11.9 Å². The number of pyridine rings is 1. The predicted octanol–water partition coefficient (Wildman–Crippen LogP) is 2.49. The van der Waals surface area contributed by atoms with Crippen LogP contribution in [0.1, 0.15) is 31.0 Å². The molecular formula is C27H33ClN6O4. The molecule has 3 aromatic rings. The van der Waals surface area contributed by atoms with E-state index in [9.17, 15) is 14.4 Å². The fraction of sp³-hybridized carbons (Fsp3) is 0.444. The second-order valence-corrected chi connectivity index (χ2v) is 9.96. The first-order chi connectivity index (χ1) is 18.2. The van der Waals surface area contributed by atoms with Gasteiger partial charge in [-0.3, -0.25) is 14.4 Å². The number of carbonyl (C=O) groups is 2. The first-order valence-corrected chi connectivity index (χ1v) is 13.1. The summed E-state index contributed by atoms with van der Waals surface area (Å²) in [6.07, 6.45) is 3.61. The number of likely N-dealkylation sites (N-methyl/N-ethyl adjacent to an activating group) is 1. The van der Waals surface area contributed by atoms with Crippen molar-refractivity contribution in [3.05, 3.63) is 57.1 Å². The number of carbonyl (C=O) groups excluding carboxylic acids is 2. The molecule has 11 heteroatoms. The van der Waals surface area contributed by atoms with Crippen LogP contribution in [0.25, 0.3) is 10.9 Å². The molecule has 0 spiro atoms. The topological polar surface area (TPSA) is 110 Å². The van der Waals surface area contributed by atoms with Crippen molar-refractivity contribution in [3.8, 4) is 5.75 Å². The Morgan fingerprint density at radius 2 is 1.95 bits per heavy atom. The van der Waals surface area contributed by atoms with Crippen molar-refractivity contribution < 1.29 is 14.3 Å². The van der Waals surface area contributed by atoms with Gasteiger partial charge in [-0.1, -0.05) is 17.7 Å². The number of nitrogens with one attached hydrogen (secondary N) is 1. The van der Waals surface area contributed by atoms with E-state index >= 15 is 0 Å². The van der Waals surface area contributed by atoms with E-state index < -0.39 is 0 Å². The van der Waals surface area contributed by atoms with E-state index in [1.165, 1.54) is 7.05 Å². The Bertz CT molecular complexity index is 1400. The lowest BCUT2D eigenvalue weighted by atomic mass is 9.96. The molecule has 1 aliphatic heterocycles. The molecule has 0 bridgehead atoms. The van der Waals surface area contributed by atoms with E-state index in [1.54, 1.807) is 35.8 Å². The van der Waals surface area contributed by atoms with Crippen LogP contribution in [0.5, 0.6) is 5.75 Å². The van der Waals surface area contributed by atoms with Crippen LogP contribution in [0.15, 0.2) is 35.3 Å². The fourth-order valence-corrected chi connectivity index (χ4v) is 4.86. The summed E-state index contributed by atoms with van der Waals surface area (Å²) in [6.45, 7) is 3.52. The lowest BCUT2D eigenvalue weighted by Crippen LogP contribution is -2.40. The second kappa shape index (κ2) is 11.8. The van der Waals surface area contributed by atoms with E-state index in [0.29, 0.717) is 42.7 Å². The molecule has 202 valence electrons. The zero-order chi connectivity index (χ0) is 27.4. The summed E-state index contributed by atoms with van der Waals surface area (Å²) in [6, 6.07) is 7.50. The molecule has 0 radical (unpaired) electrons. The van der Waals surface area contributed by atoms with Gasteiger partial charge in [0.1, 0.15) is 0 Å². The molecular weight excluding hydrogens is 508 g/mol. The van der Waals surface area contributed by atoms with Crippen LogP contribution < -0.4 is 20.5 Å². The van der Waals surface area contributed by atoms with Crippen molar-refractivity contribution in [2.24, 2.45) is 5.92 Å². The maximum atomic E-state index is 12.9. The van der Waals surface area contributed by atoms with Crippen LogP contribution in [0.4, 0.5) is 5.95 Å². The minimum atomic E-state index is -0.316. The molecule has 2 amide bonds. The van der Waals surface area contributed by atoms with Crippen LogP contribution in [-0.4, -0.2) is 72.1 Å². The summed E-state index contributed by atoms with van der Waals surface area (Å²) in [5.41, 5.74) is 2.15. The largest absolute Gasteiger partial charge is 0.478 e. The number of halogens is 1. The molecule has 1 fully saturated rings. The second-order valence-electron chi connectivity index (χ2n) is 9.55. The molecule has 0 unspecified atom stereocenters. The summed E-state index contributed by atoms with van der Waals surface area (Å²) in [5.74, 6) is 0.596. The molecule has 1 aliphatic rings. The number of ether oxygens (including phenoxy) is 1. The zero-order valence-electron chi connectivity index (χ0n) is 22.2. The number of fused-ring (bicyclic) bond motifs is 1. The van der Waals surface area contributed by atoms with Gasteiger partial charge < -0.3 is 24.4 Å². The summed E-state index contributed by atoms with van der Waals surface area (Å²) in [5, 5.41) is 3.77. The van der Waals surface area contributed by atoms with Crippen molar-refractivity contribution in [1.29, 1.82) is 0 Å². The van der Waals surface area contributed by atoms with Gasteiger partial charge in [-0.2, -0.15) is 0 Å². The number of aromatic nitrogens is 3. The Hall–Kier alpha value is -3.66. The van der Waals surface area contributed by atoms with Crippen LogP contribution >= 0.6 is 11.6 Å². The van der Waals surface area contributed by atoms with Gasteiger partial charge >= 0.3 is 0 Å². The molecule has 1 saturated heterocycles. The Morgan fingerprint density at radius 3 is 2.61 bits per heavy atom. The lowest BCUT2D eigenvalue weighted by molar-refractivity contribution is -0.133. The number of hydrogen-bond donors (Lipinski definition) is 1. The number of amides is 2. The van der Waals surface area contributed by atoms with Crippen LogP contribution in [0.2, 0.25) is 5.02 Å². The Kier molecular flexibility index (Phi) is 8.51. The number of hydrogen-bond acceptors (Lipinski definition) is 7. The molecule has 2 aromatic heterocycles.